The molecule has 1 amide bonds. The molecule has 2 fully saturated rings. The van der Waals surface area contributed by atoms with Gasteiger partial charge in [-0.25, -0.2) is 0 Å². The molecular weight excluding hydrogens is 292 g/mol. The van der Waals surface area contributed by atoms with Gasteiger partial charge in [-0.2, -0.15) is 0 Å². The zero-order valence-corrected chi connectivity index (χ0v) is 15.3. The minimum absolute atomic E-state index is 0.117. The van der Waals surface area contributed by atoms with Crippen LogP contribution in [-0.4, -0.2) is 98.8 Å². The summed E-state index contributed by atoms with van der Waals surface area (Å²) in [4.78, 5) is 19.2. The number of likely N-dealkylation sites (N-methyl/N-ethyl adjacent to an activating group) is 1. The number of ether oxygens (including phenoxy) is 1. The quantitative estimate of drug-likeness (QED) is 0.750. The maximum atomic E-state index is 12.2. The van der Waals surface area contributed by atoms with Crippen molar-refractivity contribution in [1.29, 1.82) is 0 Å². The third kappa shape index (κ3) is 6.37. The molecule has 0 saturated carbocycles. The first kappa shape index (κ1) is 18.6. The topological polar surface area (TPSA) is 48.1 Å². The molecule has 2 rings (SSSR count). The summed E-state index contributed by atoms with van der Waals surface area (Å²) >= 11 is 0. The summed E-state index contributed by atoms with van der Waals surface area (Å²) in [6, 6.07) is 0.437. The van der Waals surface area contributed by atoms with Crippen LogP contribution in [0.2, 0.25) is 0 Å². The summed E-state index contributed by atoms with van der Waals surface area (Å²) in [5.74, 6) is 0.785. The second kappa shape index (κ2) is 8.97. The van der Waals surface area contributed by atoms with Crippen LogP contribution in [0.15, 0.2) is 0 Å². The minimum atomic E-state index is 0.117. The van der Waals surface area contributed by atoms with Crippen LogP contribution in [0.5, 0.6) is 0 Å². The Kier molecular flexibility index (Phi) is 7.27. The van der Waals surface area contributed by atoms with Crippen molar-refractivity contribution in [3.05, 3.63) is 0 Å². The normalized spacial score (nSPS) is 28.2. The van der Waals surface area contributed by atoms with E-state index in [1.807, 2.05) is 0 Å². The maximum Gasteiger partial charge on any atom is 0.234 e. The van der Waals surface area contributed by atoms with Gasteiger partial charge in [-0.05, 0) is 19.9 Å². The van der Waals surface area contributed by atoms with Crippen molar-refractivity contribution in [3.63, 3.8) is 0 Å². The lowest BCUT2D eigenvalue weighted by Crippen LogP contribution is -2.54. The SMILES string of the molecule is CC(C)CN1CCOC(CNC(=O)CN2CCN(C)CC2C)C1. The second-order valence-corrected chi connectivity index (χ2v) is 7.53. The minimum Gasteiger partial charge on any atom is -0.374 e. The van der Waals surface area contributed by atoms with Crippen LogP contribution in [0.1, 0.15) is 20.8 Å². The van der Waals surface area contributed by atoms with E-state index in [0.717, 1.165) is 45.9 Å². The summed E-state index contributed by atoms with van der Waals surface area (Å²) < 4.78 is 5.79. The highest BCUT2D eigenvalue weighted by Crippen LogP contribution is 2.08. The van der Waals surface area contributed by atoms with Gasteiger partial charge in [-0.15, -0.1) is 0 Å². The van der Waals surface area contributed by atoms with Crippen LogP contribution in [-0.2, 0) is 9.53 Å². The molecule has 6 nitrogen and oxygen atoms in total. The Hall–Kier alpha value is -0.690. The molecule has 0 spiro atoms. The lowest BCUT2D eigenvalue weighted by Gasteiger charge is -2.38. The van der Waals surface area contributed by atoms with Crippen LogP contribution < -0.4 is 5.32 Å². The number of carbonyl (C=O) groups excluding carboxylic acids is 1. The summed E-state index contributed by atoms with van der Waals surface area (Å²) in [7, 11) is 2.14. The number of hydrogen-bond acceptors (Lipinski definition) is 5. The highest BCUT2D eigenvalue weighted by molar-refractivity contribution is 5.78. The first-order chi connectivity index (χ1) is 10.9. The number of rotatable bonds is 6. The van der Waals surface area contributed by atoms with Gasteiger partial charge < -0.3 is 15.0 Å². The van der Waals surface area contributed by atoms with Crippen molar-refractivity contribution < 1.29 is 9.53 Å². The number of piperazine rings is 1. The van der Waals surface area contributed by atoms with Crippen LogP contribution >= 0.6 is 0 Å². The molecule has 2 heterocycles. The molecule has 0 aliphatic carbocycles. The predicted octanol–water partition coefficient (Wildman–Crippen LogP) is 0.0953. The monoisotopic (exact) mass is 326 g/mol. The first-order valence-electron chi connectivity index (χ1n) is 8.97. The van der Waals surface area contributed by atoms with E-state index in [4.69, 9.17) is 4.74 Å². The standard InChI is InChI=1S/C17H34N4O2/c1-14(2)10-20-7-8-23-16(12-20)9-18-17(22)13-21-6-5-19(4)11-15(21)3/h14-16H,5-13H2,1-4H3,(H,18,22). The van der Waals surface area contributed by atoms with Gasteiger partial charge in [0, 0.05) is 51.9 Å². The molecule has 1 N–H and O–H groups in total. The Morgan fingerprint density at radius 2 is 2.04 bits per heavy atom. The molecule has 0 radical (unpaired) electrons. The molecule has 23 heavy (non-hydrogen) atoms. The molecular formula is C17H34N4O2. The Morgan fingerprint density at radius 1 is 1.26 bits per heavy atom. The van der Waals surface area contributed by atoms with Crippen molar-refractivity contribution in [1.82, 2.24) is 20.0 Å². The van der Waals surface area contributed by atoms with E-state index >= 15 is 0 Å². The van der Waals surface area contributed by atoms with E-state index in [1.54, 1.807) is 0 Å². The molecule has 6 heteroatoms. The summed E-state index contributed by atoms with van der Waals surface area (Å²) in [6.07, 6.45) is 0.122. The zero-order valence-electron chi connectivity index (χ0n) is 15.3. The van der Waals surface area contributed by atoms with Crippen LogP contribution in [0, 0.1) is 5.92 Å². The molecule has 0 bridgehead atoms. The molecule has 2 atom stereocenters. The van der Waals surface area contributed by atoms with Gasteiger partial charge in [0.2, 0.25) is 5.91 Å². The van der Waals surface area contributed by atoms with Gasteiger partial charge in [0.25, 0.3) is 0 Å². The third-order valence-electron chi connectivity index (χ3n) is 4.69. The number of nitrogens with one attached hydrogen (secondary N) is 1. The van der Waals surface area contributed by atoms with Gasteiger partial charge in [0.1, 0.15) is 0 Å². The van der Waals surface area contributed by atoms with E-state index < -0.39 is 0 Å². The van der Waals surface area contributed by atoms with E-state index in [2.05, 4.69) is 47.8 Å². The molecule has 0 aromatic carbocycles. The molecule has 134 valence electrons. The number of hydrogen-bond donors (Lipinski definition) is 1. The fraction of sp³-hybridized carbons (Fsp3) is 0.941. The highest BCUT2D eigenvalue weighted by Gasteiger charge is 2.25. The lowest BCUT2D eigenvalue weighted by atomic mass is 10.2. The van der Waals surface area contributed by atoms with Crippen LogP contribution in [0.3, 0.4) is 0 Å². The molecule has 2 aliphatic rings. The van der Waals surface area contributed by atoms with Crippen molar-refractivity contribution in [2.45, 2.75) is 32.9 Å². The van der Waals surface area contributed by atoms with Crippen molar-refractivity contribution >= 4 is 5.91 Å². The Morgan fingerprint density at radius 3 is 2.74 bits per heavy atom. The largest absolute Gasteiger partial charge is 0.374 e. The van der Waals surface area contributed by atoms with Gasteiger partial charge in [-0.1, -0.05) is 13.8 Å². The summed E-state index contributed by atoms with van der Waals surface area (Å²) in [5.41, 5.74) is 0. The maximum absolute atomic E-state index is 12.2. The van der Waals surface area contributed by atoms with Gasteiger partial charge in [0.15, 0.2) is 0 Å². The average molecular weight is 326 g/mol. The van der Waals surface area contributed by atoms with E-state index in [1.165, 1.54) is 0 Å². The number of carbonyl (C=O) groups is 1. The highest BCUT2D eigenvalue weighted by atomic mass is 16.5. The fourth-order valence-electron chi connectivity index (χ4n) is 3.47. The van der Waals surface area contributed by atoms with E-state index in [-0.39, 0.29) is 12.0 Å². The van der Waals surface area contributed by atoms with E-state index in [0.29, 0.717) is 25.0 Å². The molecule has 2 aliphatic heterocycles. The summed E-state index contributed by atoms with van der Waals surface area (Å²) in [5, 5.41) is 3.06. The van der Waals surface area contributed by atoms with Crippen molar-refractivity contribution in [2.24, 2.45) is 5.92 Å². The number of morpholine rings is 1. The first-order valence-corrected chi connectivity index (χ1v) is 8.97. The van der Waals surface area contributed by atoms with Crippen LogP contribution in [0.4, 0.5) is 0 Å². The lowest BCUT2D eigenvalue weighted by molar-refractivity contribution is -0.124. The molecule has 0 aromatic heterocycles. The van der Waals surface area contributed by atoms with Gasteiger partial charge in [-0.3, -0.25) is 14.6 Å². The Balaban J connectivity index is 1.67. The molecule has 0 aromatic rings. The predicted molar refractivity (Wildman–Crippen MR) is 92.6 cm³/mol. The van der Waals surface area contributed by atoms with Gasteiger partial charge >= 0.3 is 0 Å². The van der Waals surface area contributed by atoms with Crippen molar-refractivity contribution in [3.8, 4) is 0 Å². The number of amides is 1. The fourth-order valence-corrected chi connectivity index (χ4v) is 3.47. The number of nitrogens with zero attached hydrogens (tertiary/aromatic N) is 3. The average Bonchev–Trinajstić information content (AvgIpc) is 2.48. The summed E-state index contributed by atoms with van der Waals surface area (Å²) in [6.45, 7) is 14.6. The third-order valence-corrected chi connectivity index (χ3v) is 4.69. The second-order valence-electron chi connectivity index (χ2n) is 7.53. The van der Waals surface area contributed by atoms with Crippen LogP contribution in [0.25, 0.3) is 0 Å². The smallest absolute Gasteiger partial charge is 0.234 e. The molecule has 2 saturated heterocycles. The van der Waals surface area contributed by atoms with E-state index in [9.17, 15) is 4.79 Å². The van der Waals surface area contributed by atoms with Gasteiger partial charge in [0.05, 0.1) is 19.3 Å². The zero-order chi connectivity index (χ0) is 16.8. The van der Waals surface area contributed by atoms with Crippen molar-refractivity contribution in [2.75, 3.05) is 66.0 Å². The molecule has 2 unspecified atom stereocenters. The Bertz CT molecular complexity index is 378. The Labute approximate surface area is 141 Å².